The van der Waals surface area contributed by atoms with Gasteiger partial charge < -0.3 is 5.32 Å². The summed E-state index contributed by atoms with van der Waals surface area (Å²) in [5.74, 6) is -0.00224. The first-order chi connectivity index (χ1) is 9.35. The molecule has 3 heteroatoms. The lowest BCUT2D eigenvalue weighted by atomic mass is 9.81. The highest BCUT2D eigenvalue weighted by molar-refractivity contribution is 8.05. The fraction of sp³-hybridized carbons (Fsp3) is 0.353. The number of hydrogen-bond acceptors (Lipinski definition) is 2. The number of allylic oxidation sites excluding steroid dienone is 1. The first-order valence-electron chi connectivity index (χ1n) is 6.69. The van der Waals surface area contributed by atoms with Gasteiger partial charge in [0.25, 0.3) is 0 Å². The van der Waals surface area contributed by atoms with Crippen LogP contribution in [0.25, 0.3) is 0 Å². The monoisotopic (exact) mass is 289 g/mol. The Bertz CT molecular complexity index is 500. The third-order valence-corrected chi connectivity index (χ3v) is 3.86. The first-order valence-corrected chi connectivity index (χ1v) is 7.57. The van der Waals surface area contributed by atoms with Gasteiger partial charge in [0.05, 0.1) is 5.03 Å². The molecule has 1 aromatic rings. The molecule has 1 aromatic carbocycles. The molecule has 0 radical (unpaired) electrons. The van der Waals surface area contributed by atoms with Gasteiger partial charge in [0.2, 0.25) is 5.91 Å². The molecule has 0 aliphatic rings. The second-order valence-corrected chi connectivity index (χ2v) is 6.49. The molecule has 0 unspecified atom stereocenters. The van der Waals surface area contributed by atoms with E-state index >= 15 is 0 Å². The smallest absolute Gasteiger partial charge is 0.225 e. The minimum absolute atomic E-state index is 0.00224. The van der Waals surface area contributed by atoms with Crippen molar-refractivity contribution in [2.75, 3.05) is 0 Å². The summed E-state index contributed by atoms with van der Waals surface area (Å²) >= 11 is 1.42. The Balaban J connectivity index is 2.63. The minimum atomic E-state index is -0.191. The molecule has 1 amide bonds. The van der Waals surface area contributed by atoms with Crippen LogP contribution in [-0.4, -0.2) is 5.91 Å². The lowest BCUT2D eigenvalue weighted by molar-refractivity contribution is -0.121. The van der Waals surface area contributed by atoms with Crippen molar-refractivity contribution in [2.24, 2.45) is 0 Å². The fourth-order valence-corrected chi connectivity index (χ4v) is 2.36. The highest BCUT2D eigenvalue weighted by Crippen LogP contribution is 2.27. The number of carbonyl (C=O) groups is 1. The molecule has 0 heterocycles. The first kappa shape index (κ1) is 16.6. The molecule has 0 bridgehead atoms. The van der Waals surface area contributed by atoms with E-state index in [0.717, 1.165) is 0 Å². The summed E-state index contributed by atoms with van der Waals surface area (Å²) in [6.07, 6.45) is 2.35. The van der Waals surface area contributed by atoms with Crippen LogP contribution in [0.4, 0.5) is 0 Å². The third-order valence-electron chi connectivity index (χ3n) is 3.06. The van der Waals surface area contributed by atoms with Crippen LogP contribution in [0.1, 0.15) is 38.3 Å². The fourth-order valence-electron chi connectivity index (χ4n) is 1.89. The van der Waals surface area contributed by atoms with Crippen LogP contribution in [0.3, 0.4) is 0 Å². The van der Waals surface area contributed by atoms with E-state index in [1.54, 1.807) is 0 Å². The van der Waals surface area contributed by atoms with E-state index in [4.69, 9.17) is 0 Å². The quantitative estimate of drug-likeness (QED) is 0.834. The predicted octanol–water partition coefficient (Wildman–Crippen LogP) is 4.52. The van der Waals surface area contributed by atoms with Gasteiger partial charge in [0.1, 0.15) is 0 Å². The van der Waals surface area contributed by atoms with Gasteiger partial charge in [-0.25, -0.2) is 0 Å². The minimum Gasteiger partial charge on any atom is -0.321 e. The predicted molar refractivity (Wildman–Crippen MR) is 88.5 cm³/mol. The number of aryl methyl sites for hydroxylation is 1. The van der Waals surface area contributed by atoms with Gasteiger partial charge in [-0.05, 0) is 30.2 Å². The summed E-state index contributed by atoms with van der Waals surface area (Å²) in [6.45, 7) is 12.0. The summed E-state index contributed by atoms with van der Waals surface area (Å²) in [6, 6.07) is 8.34. The lowest BCUT2D eigenvalue weighted by Gasteiger charge is -2.25. The van der Waals surface area contributed by atoms with Crippen molar-refractivity contribution in [2.45, 2.75) is 39.5 Å². The molecule has 0 aliphatic heterocycles. The maximum absolute atomic E-state index is 12.1. The van der Waals surface area contributed by atoms with Gasteiger partial charge in [0.15, 0.2) is 0 Å². The van der Waals surface area contributed by atoms with Crippen LogP contribution in [0.2, 0.25) is 0 Å². The molecule has 0 spiro atoms. The number of amides is 1. The molecule has 20 heavy (non-hydrogen) atoms. The van der Waals surface area contributed by atoms with Crippen LogP contribution in [0.5, 0.6) is 0 Å². The van der Waals surface area contributed by atoms with Crippen molar-refractivity contribution >= 4 is 17.7 Å². The van der Waals surface area contributed by atoms with Crippen molar-refractivity contribution in [3.8, 4) is 0 Å². The highest BCUT2D eigenvalue weighted by atomic mass is 32.2. The zero-order valence-electron chi connectivity index (χ0n) is 12.7. The Hall–Kier alpha value is -1.48. The van der Waals surface area contributed by atoms with Gasteiger partial charge in [-0.15, -0.1) is 0 Å². The Morgan fingerprint density at radius 1 is 1.35 bits per heavy atom. The second kappa shape index (κ2) is 7.34. The summed E-state index contributed by atoms with van der Waals surface area (Å²) < 4.78 is 0. The average Bonchev–Trinajstić information content (AvgIpc) is 2.36. The number of hydrogen-bond donors (Lipinski definition) is 1. The molecule has 2 nitrogen and oxygen atoms in total. The zero-order valence-corrected chi connectivity index (χ0v) is 13.5. The highest BCUT2D eigenvalue weighted by Gasteiger charge is 2.24. The molecule has 0 aliphatic carbocycles. The Morgan fingerprint density at radius 2 is 1.95 bits per heavy atom. The summed E-state index contributed by atoms with van der Waals surface area (Å²) in [5, 5.41) is 5.39. The van der Waals surface area contributed by atoms with Crippen molar-refractivity contribution in [3.63, 3.8) is 0 Å². The van der Waals surface area contributed by atoms with Crippen LogP contribution >= 0.6 is 11.8 Å². The number of rotatable bonds is 6. The molecular weight excluding hydrogens is 266 g/mol. The van der Waals surface area contributed by atoms with E-state index in [-0.39, 0.29) is 11.3 Å². The van der Waals surface area contributed by atoms with Gasteiger partial charge in [0, 0.05) is 6.42 Å². The van der Waals surface area contributed by atoms with Crippen molar-refractivity contribution in [1.29, 1.82) is 0 Å². The van der Waals surface area contributed by atoms with Gasteiger partial charge in [-0.3, -0.25) is 4.79 Å². The topological polar surface area (TPSA) is 29.1 Å². The van der Waals surface area contributed by atoms with Crippen LogP contribution in [0, 0.1) is 6.92 Å². The SMILES string of the molecule is C=C(NC(=O)CC(C)(C)c1ccc(C)cc1)S/C=C\C. The Morgan fingerprint density at radius 3 is 2.50 bits per heavy atom. The van der Waals surface area contributed by atoms with Crippen molar-refractivity contribution in [1.82, 2.24) is 5.32 Å². The van der Waals surface area contributed by atoms with Gasteiger partial charge in [-0.2, -0.15) is 0 Å². The van der Waals surface area contributed by atoms with Gasteiger partial charge >= 0.3 is 0 Å². The molecule has 108 valence electrons. The standard InChI is InChI=1S/C17H23NOS/c1-6-11-20-14(3)18-16(19)12-17(4,5)15-9-7-13(2)8-10-15/h6-11H,3,12H2,1-2,4-5H3,(H,18,19)/b11-6-. The maximum atomic E-state index is 12.1. The number of thioether (sulfide) groups is 1. The third kappa shape index (κ3) is 5.25. The van der Waals surface area contributed by atoms with Crippen LogP contribution in [0.15, 0.2) is 47.4 Å². The maximum Gasteiger partial charge on any atom is 0.225 e. The summed E-state index contributed by atoms with van der Waals surface area (Å²) in [4.78, 5) is 12.1. The van der Waals surface area contributed by atoms with E-state index in [9.17, 15) is 4.79 Å². The lowest BCUT2D eigenvalue weighted by Crippen LogP contribution is -2.29. The van der Waals surface area contributed by atoms with E-state index in [0.29, 0.717) is 11.4 Å². The molecule has 1 N–H and O–H groups in total. The van der Waals surface area contributed by atoms with E-state index in [1.807, 2.05) is 18.4 Å². The van der Waals surface area contributed by atoms with Gasteiger partial charge in [-0.1, -0.05) is 68.1 Å². The molecule has 0 saturated heterocycles. The summed E-state index contributed by atoms with van der Waals surface area (Å²) in [5.41, 5.74) is 2.21. The molecule has 0 atom stereocenters. The van der Waals surface area contributed by atoms with E-state index < -0.39 is 0 Å². The second-order valence-electron chi connectivity index (χ2n) is 5.49. The van der Waals surface area contributed by atoms with Crippen LogP contribution < -0.4 is 5.32 Å². The Labute approximate surface area is 126 Å². The van der Waals surface area contributed by atoms with E-state index in [2.05, 4.69) is 56.9 Å². The molecule has 0 aromatic heterocycles. The molecular formula is C17H23NOS. The van der Waals surface area contributed by atoms with Crippen molar-refractivity contribution in [3.05, 3.63) is 58.5 Å². The molecule has 0 fully saturated rings. The number of nitrogens with one attached hydrogen (secondary N) is 1. The molecule has 0 saturated carbocycles. The van der Waals surface area contributed by atoms with Crippen LogP contribution in [-0.2, 0) is 10.2 Å². The van der Waals surface area contributed by atoms with Crippen molar-refractivity contribution < 1.29 is 4.79 Å². The zero-order chi connectivity index (χ0) is 15.2. The Kier molecular flexibility index (Phi) is 6.08. The molecule has 1 rings (SSSR count). The normalized spacial score (nSPS) is 11.6. The summed E-state index contributed by atoms with van der Waals surface area (Å²) in [7, 11) is 0. The van der Waals surface area contributed by atoms with E-state index in [1.165, 1.54) is 22.9 Å². The average molecular weight is 289 g/mol. The number of benzene rings is 1. The largest absolute Gasteiger partial charge is 0.321 e. The number of carbonyl (C=O) groups excluding carboxylic acids is 1.